The van der Waals surface area contributed by atoms with E-state index in [0.29, 0.717) is 5.57 Å². The topological polar surface area (TPSA) is 11.3 Å². The monoisotopic (exact) mass is 170 g/mol. The van der Waals surface area contributed by atoms with Crippen molar-refractivity contribution >= 4 is 17.4 Å². The number of hydrogen-bond acceptors (Lipinski definition) is 0. The Labute approximate surface area is 77.7 Å². The summed E-state index contributed by atoms with van der Waals surface area (Å²) in [5.74, 6) is 0.735. The zero-order valence-corrected chi connectivity index (χ0v) is 7.45. The van der Waals surface area contributed by atoms with Crippen molar-refractivity contribution in [3.05, 3.63) is 48.0 Å². The third-order valence-electron chi connectivity index (χ3n) is 2.15. The van der Waals surface area contributed by atoms with Crippen molar-refractivity contribution in [1.82, 2.24) is 0 Å². The van der Waals surface area contributed by atoms with Crippen LogP contribution in [0.15, 0.2) is 30.3 Å². The minimum absolute atomic E-state index is 0.709. The molecule has 64 valence electrons. The summed E-state index contributed by atoms with van der Waals surface area (Å²) >= 11 is 0. The number of fused-ring (bicyclic) bond motifs is 1. The van der Waals surface area contributed by atoms with Crippen molar-refractivity contribution in [3.8, 4) is 0 Å². The van der Waals surface area contributed by atoms with E-state index in [4.69, 9.17) is 11.0 Å². The van der Waals surface area contributed by atoms with Crippen LogP contribution in [0.3, 0.4) is 0 Å². The van der Waals surface area contributed by atoms with Gasteiger partial charge >= 0.3 is 0 Å². The smallest absolute Gasteiger partial charge is 0.242 e. The zero-order chi connectivity index (χ0) is 9.26. The van der Waals surface area contributed by atoms with E-state index in [2.05, 4.69) is 0 Å². The summed E-state index contributed by atoms with van der Waals surface area (Å²) in [5.41, 5.74) is 2.89. The highest BCUT2D eigenvalue weighted by Gasteiger charge is 2.10. The molecule has 1 nitrogen and oxygen atoms in total. The Balaban J connectivity index is 2.61. The summed E-state index contributed by atoms with van der Waals surface area (Å²) in [5, 5.41) is 0. The minimum atomic E-state index is 0.709. The molecule has 0 bridgehead atoms. The van der Waals surface area contributed by atoms with Gasteiger partial charge < -0.3 is 4.42 Å². The van der Waals surface area contributed by atoms with Gasteiger partial charge in [-0.25, -0.2) is 6.58 Å². The first kappa shape index (κ1) is 7.99. The molecular weight excluding hydrogens is 160 g/mol. The Morgan fingerprint density at radius 2 is 1.92 bits per heavy atom. The molecule has 0 saturated carbocycles. The molecule has 1 aromatic rings. The lowest BCUT2D eigenvalue weighted by Gasteiger charge is -2.16. The van der Waals surface area contributed by atoms with E-state index >= 15 is 0 Å². The molecule has 0 radical (unpaired) electrons. The first-order valence-electron chi connectivity index (χ1n) is 4.14. The second-order valence-corrected chi connectivity index (χ2v) is 2.90. The molecule has 0 N–H and O–H groups in total. The molecule has 2 rings (SSSR count). The minimum Gasteiger partial charge on any atom is -0.316 e. The van der Waals surface area contributed by atoms with Gasteiger partial charge in [0.1, 0.15) is 0 Å². The molecule has 13 heavy (non-hydrogen) atoms. The van der Waals surface area contributed by atoms with Crippen LogP contribution in [0.4, 0.5) is 0 Å². The first-order chi connectivity index (χ1) is 6.33. The van der Waals surface area contributed by atoms with Crippen LogP contribution >= 0.6 is 0 Å². The Kier molecular flexibility index (Phi) is 1.85. The molecule has 0 aromatic heterocycles. The quantitative estimate of drug-likeness (QED) is 0.321. The van der Waals surface area contributed by atoms with Gasteiger partial charge in [-0.05, 0) is 6.08 Å². The number of ketones is 1. The van der Waals surface area contributed by atoms with E-state index in [9.17, 15) is 0 Å². The lowest BCUT2D eigenvalue weighted by atomic mass is 9.93. The summed E-state index contributed by atoms with van der Waals surface area (Å²) in [6.45, 7) is 5.90. The third kappa shape index (κ3) is 1.22. The van der Waals surface area contributed by atoms with Crippen molar-refractivity contribution in [2.24, 2.45) is 0 Å². The number of hydrogen-bond donors (Lipinski definition) is 0. The molecule has 0 fully saturated rings. The highest BCUT2D eigenvalue weighted by molar-refractivity contribution is 6.28. The van der Waals surface area contributed by atoms with Crippen LogP contribution in [0.25, 0.3) is 11.6 Å². The van der Waals surface area contributed by atoms with Crippen LogP contribution in [0.5, 0.6) is 0 Å². The second-order valence-electron chi connectivity index (χ2n) is 2.90. The third-order valence-corrected chi connectivity index (χ3v) is 2.15. The Bertz CT molecular complexity index is 411. The van der Waals surface area contributed by atoms with Crippen molar-refractivity contribution in [2.45, 2.75) is 0 Å². The molecule has 1 aliphatic rings. The normalized spacial score (nSPS) is 17.6. The van der Waals surface area contributed by atoms with E-state index < -0.39 is 0 Å². The van der Waals surface area contributed by atoms with E-state index in [-0.39, 0.29) is 0 Å². The van der Waals surface area contributed by atoms with Crippen LogP contribution in [0.2, 0.25) is 0 Å². The number of carbonyl (C=O) groups excluding carboxylic acids is 1. The van der Waals surface area contributed by atoms with Crippen LogP contribution < -0.4 is 0 Å². The van der Waals surface area contributed by atoms with Gasteiger partial charge in [-0.3, -0.25) is 0 Å². The number of allylic oxidation sites excluding steroid dienone is 2. The van der Waals surface area contributed by atoms with Crippen molar-refractivity contribution in [1.29, 1.82) is 0 Å². The fourth-order valence-electron chi connectivity index (χ4n) is 1.45. The maximum Gasteiger partial charge on any atom is 0.242 e. The van der Waals surface area contributed by atoms with Crippen LogP contribution in [0, 0.1) is 6.58 Å². The van der Waals surface area contributed by atoms with Crippen molar-refractivity contribution in [2.75, 3.05) is 7.11 Å². The molecule has 1 aromatic carbocycles. The maximum absolute atomic E-state index is 5.90. The average Bonchev–Trinajstić information content (AvgIpc) is 2.19. The summed E-state index contributed by atoms with van der Waals surface area (Å²) in [6, 6.07) is 7.99. The Hall–Kier alpha value is -1.63. The summed E-state index contributed by atoms with van der Waals surface area (Å²) < 4.78 is 5.13. The molecule has 0 heterocycles. The van der Waals surface area contributed by atoms with Gasteiger partial charge in [0.15, 0.2) is 0 Å². The fraction of sp³-hybridized carbons (Fsp3) is 0.0833. The van der Waals surface area contributed by atoms with E-state index in [0.717, 1.165) is 16.9 Å². The van der Waals surface area contributed by atoms with E-state index in [1.165, 1.54) is 0 Å². The van der Waals surface area contributed by atoms with Gasteiger partial charge in [0, 0.05) is 0 Å². The molecule has 0 spiro atoms. The predicted octanol–water partition coefficient (Wildman–Crippen LogP) is 2.26. The Morgan fingerprint density at radius 3 is 2.69 bits per heavy atom. The second kappa shape index (κ2) is 3.02. The van der Waals surface area contributed by atoms with Crippen LogP contribution in [-0.2, 0) is 4.42 Å². The van der Waals surface area contributed by atoms with Gasteiger partial charge in [0.05, 0.1) is 0 Å². The molecule has 0 saturated heterocycles. The van der Waals surface area contributed by atoms with Gasteiger partial charge in [-0.1, -0.05) is 35.4 Å². The summed E-state index contributed by atoms with van der Waals surface area (Å²) in [6.07, 6.45) is 3.89. The van der Waals surface area contributed by atoms with Crippen LogP contribution in [0.1, 0.15) is 11.1 Å². The van der Waals surface area contributed by atoms with Crippen molar-refractivity contribution in [3.63, 3.8) is 0 Å². The van der Waals surface area contributed by atoms with E-state index in [1.807, 2.05) is 36.4 Å². The predicted molar refractivity (Wildman–Crippen MR) is 54.1 cm³/mol. The SMILES string of the molecule is [CH-]=C1C(=[O+]C)C=Cc2ccccc21. The van der Waals surface area contributed by atoms with E-state index in [1.54, 1.807) is 7.11 Å². The molecule has 1 aliphatic carbocycles. The standard InChI is InChI=1S/C12H10O/c1-9-11-6-4-3-5-10(11)7-8-12(9)13-2/h1,3-8H,2H3. The fourth-order valence-corrected chi connectivity index (χ4v) is 1.45. The Morgan fingerprint density at radius 1 is 1.15 bits per heavy atom. The van der Waals surface area contributed by atoms with Gasteiger partial charge in [0.2, 0.25) is 12.9 Å². The zero-order valence-electron chi connectivity index (χ0n) is 7.45. The van der Waals surface area contributed by atoms with Crippen molar-refractivity contribution < 1.29 is 4.42 Å². The molecular formula is C12H10O. The maximum atomic E-state index is 5.90. The lowest BCUT2D eigenvalue weighted by molar-refractivity contribution is -0.417. The summed E-state index contributed by atoms with van der Waals surface area (Å²) in [4.78, 5) is 0. The number of benzene rings is 1. The highest BCUT2D eigenvalue weighted by Crippen LogP contribution is 2.24. The van der Waals surface area contributed by atoms with Crippen LogP contribution in [-0.4, -0.2) is 12.9 Å². The van der Waals surface area contributed by atoms with Gasteiger partial charge in [-0.2, -0.15) is 0 Å². The molecule has 0 aliphatic heterocycles. The largest absolute Gasteiger partial charge is 0.316 e. The summed E-state index contributed by atoms with van der Waals surface area (Å²) in [7, 11) is 1.63. The highest BCUT2D eigenvalue weighted by atomic mass is 16.4. The molecule has 0 unspecified atom stereocenters. The molecule has 1 heteroatoms. The molecule has 0 atom stereocenters. The lowest BCUT2D eigenvalue weighted by Crippen LogP contribution is -2.05. The van der Waals surface area contributed by atoms with Gasteiger partial charge in [-0.15, -0.1) is 11.6 Å². The average molecular weight is 170 g/mol. The van der Waals surface area contributed by atoms with Gasteiger partial charge in [0.25, 0.3) is 0 Å². The first-order valence-corrected chi connectivity index (χ1v) is 4.14. The molecule has 0 amide bonds. The number of rotatable bonds is 0.